The zero-order valence-corrected chi connectivity index (χ0v) is 12.4. The number of rotatable bonds is 6. The summed E-state index contributed by atoms with van der Waals surface area (Å²) in [6, 6.07) is 9.06. The third kappa shape index (κ3) is 4.15. The molecule has 1 heterocycles. The summed E-state index contributed by atoms with van der Waals surface area (Å²) in [7, 11) is 0. The topological polar surface area (TPSA) is 94.3 Å². The Balaban J connectivity index is 2.18. The van der Waals surface area contributed by atoms with Gasteiger partial charge in [-0.25, -0.2) is 4.79 Å². The lowest BCUT2D eigenvalue weighted by Crippen LogP contribution is -2.28. The number of carbonyl (C=O) groups excluding carboxylic acids is 2. The van der Waals surface area contributed by atoms with Crippen molar-refractivity contribution in [1.29, 1.82) is 0 Å². The summed E-state index contributed by atoms with van der Waals surface area (Å²) in [6.07, 6.45) is 0.477. The van der Waals surface area contributed by atoms with Gasteiger partial charge in [0.15, 0.2) is 0 Å². The molecule has 0 spiro atoms. The molecule has 0 aliphatic heterocycles. The maximum Gasteiger partial charge on any atom is 0.396 e. The molecule has 22 heavy (non-hydrogen) atoms. The van der Waals surface area contributed by atoms with Crippen LogP contribution in [0.3, 0.4) is 0 Å². The Kier molecular flexibility index (Phi) is 5.24. The molecule has 0 unspecified atom stereocenters. The summed E-state index contributed by atoms with van der Waals surface area (Å²) in [6.45, 7) is 3.31. The van der Waals surface area contributed by atoms with Crippen LogP contribution >= 0.6 is 0 Å². The lowest BCUT2D eigenvalue weighted by atomic mass is 10.1. The Bertz CT molecular complexity index is 639. The standard InChI is InChI=1S/C15H17N3O4/c1-3-21-15(20)14-18-17-13(22-14)12(16-10(2)19)9-11-7-5-4-6-8-11/h4-8,12H,3,9H2,1-2H3,(H,16,19)/t12-/m0/s1. The molecule has 0 radical (unpaired) electrons. The van der Waals surface area contributed by atoms with Gasteiger partial charge < -0.3 is 14.5 Å². The van der Waals surface area contributed by atoms with E-state index in [0.29, 0.717) is 6.42 Å². The van der Waals surface area contributed by atoms with Gasteiger partial charge in [-0.2, -0.15) is 0 Å². The molecule has 116 valence electrons. The van der Waals surface area contributed by atoms with Crippen molar-refractivity contribution in [2.45, 2.75) is 26.3 Å². The van der Waals surface area contributed by atoms with Crippen LogP contribution in [0.4, 0.5) is 0 Å². The van der Waals surface area contributed by atoms with Crippen LogP contribution in [0.5, 0.6) is 0 Å². The van der Waals surface area contributed by atoms with Gasteiger partial charge >= 0.3 is 11.9 Å². The maximum absolute atomic E-state index is 11.6. The van der Waals surface area contributed by atoms with Gasteiger partial charge in [0.1, 0.15) is 6.04 Å². The summed E-state index contributed by atoms with van der Waals surface area (Å²) in [5.74, 6) is -0.957. The number of hydrogen-bond acceptors (Lipinski definition) is 6. The smallest absolute Gasteiger partial charge is 0.396 e. The fourth-order valence-electron chi connectivity index (χ4n) is 1.95. The highest BCUT2D eigenvalue weighted by molar-refractivity contribution is 5.83. The molecule has 2 aromatic rings. The van der Waals surface area contributed by atoms with Crippen molar-refractivity contribution in [3.05, 3.63) is 47.7 Å². The van der Waals surface area contributed by atoms with Gasteiger partial charge in [0, 0.05) is 13.3 Å². The Labute approximate surface area is 127 Å². The number of carbonyl (C=O) groups is 2. The Morgan fingerprint density at radius 1 is 1.27 bits per heavy atom. The molecule has 1 amide bonds. The average molecular weight is 303 g/mol. The van der Waals surface area contributed by atoms with E-state index in [0.717, 1.165) is 5.56 Å². The average Bonchev–Trinajstić information content (AvgIpc) is 2.97. The molecule has 0 saturated heterocycles. The Morgan fingerprint density at radius 2 is 2.00 bits per heavy atom. The van der Waals surface area contributed by atoms with Gasteiger partial charge in [0.05, 0.1) is 6.61 Å². The van der Waals surface area contributed by atoms with E-state index in [-0.39, 0.29) is 24.3 Å². The van der Waals surface area contributed by atoms with Gasteiger partial charge in [0.2, 0.25) is 11.8 Å². The highest BCUT2D eigenvalue weighted by Crippen LogP contribution is 2.18. The van der Waals surface area contributed by atoms with E-state index in [2.05, 4.69) is 15.5 Å². The predicted molar refractivity (Wildman–Crippen MR) is 77.0 cm³/mol. The second kappa shape index (κ2) is 7.35. The molecular weight excluding hydrogens is 286 g/mol. The summed E-state index contributed by atoms with van der Waals surface area (Å²) < 4.78 is 10.1. The maximum atomic E-state index is 11.6. The van der Waals surface area contributed by atoms with Crippen molar-refractivity contribution in [3.8, 4) is 0 Å². The van der Waals surface area contributed by atoms with Crippen LogP contribution in [0.15, 0.2) is 34.7 Å². The second-order valence-electron chi connectivity index (χ2n) is 4.61. The van der Waals surface area contributed by atoms with E-state index < -0.39 is 12.0 Å². The molecule has 1 atom stereocenters. The third-order valence-electron chi connectivity index (χ3n) is 2.85. The van der Waals surface area contributed by atoms with Gasteiger partial charge in [-0.05, 0) is 12.5 Å². The van der Waals surface area contributed by atoms with E-state index in [1.165, 1.54) is 6.92 Å². The predicted octanol–water partition coefficient (Wildman–Crippen LogP) is 1.67. The fraction of sp³-hybridized carbons (Fsp3) is 0.333. The minimum atomic E-state index is -0.678. The third-order valence-corrected chi connectivity index (χ3v) is 2.85. The number of ether oxygens (including phenoxy) is 1. The fourth-order valence-corrected chi connectivity index (χ4v) is 1.95. The first-order valence-corrected chi connectivity index (χ1v) is 6.91. The number of amides is 1. The Hall–Kier alpha value is -2.70. The molecule has 0 aliphatic rings. The molecule has 0 aliphatic carbocycles. The molecule has 7 nitrogen and oxygen atoms in total. The SMILES string of the molecule is CCOC(=O)c1nnc([C@H](Cc2ccccc2)NC(C)=O)o1. The minimum Gasteiger partial charge on any atom is -0.459 e. The van der Waals surface area contributed by atoms with Crippen LogP contribution in [-0.4, -0.2) is 28.7 Å². The quantitative estimate of drug-likeness (QED) is 0.816. The van der Waals surface area contributed by atoms with Gasteiger partial charge in [0.25, 0.3) is 0 Å². The highest BCUT2D eigenvalue weighted by Gasteiger charge is 2.23. The first-order valence-electron chi connectivity index (χ1n) is 6.91. The number of esters is 1. The molecule has 7 heteroatoms. The zero-order valence-electron chi connectivity index (χ0n) is 12.4. The van der Waals surface area contributed by atoms with Crippen molar-refractivity contribution in [3.63, 3.8) is 0 Å². The molecule has 0 bridgehead atoms. The van der Waals surface area contributed by atoms with Crippen LogP contribution in [0, 0.1) is 0 Å². The van der Waals surface area contributed by atoms with E-state index in [1.807, 2.05) is 30.3 Å². The number of benzene rings is 1. The van der Waals surface area contributed by atoms with Crippen LogP contribution in [0.2, 0.25) is 0 Å². The van der Waals surface area contributed by atoms with Gasteiger partial charge in [-0.15, -0.1) is 10.2 Å². The summed E-state index contributed by atoms with van der Waals surface area (Å²) >= 11 is 0. The molecule has 2 rings (SSSR count). The molecule has 1 aromatic heterocycles. The number of nitrogens with one attached hydrogen (secondary N) is 1. The van der Waals surface area contributed by atoms with Crippen molar-refractivity contribution >= 4 is 11.9 Å². The molecule has 1 N–H and O–H groups in total. The van der Waals surface area contributed by atoms with Crippen LogP contribution in [0.1, 0.15) is 42.0 Å². The number of nitrogens with zero attached hydrogens (tertiary/aromatic N) is 2. The first-order chi connectivity index (χ1) is 10.6. The molecular formula is C15H17N3O4. The van der Waals surface area contributed by atoms with Crippen LogP contribution in [0.25, 0.3) is 0 Å². The van der Waals surface area contributed by atoms with E-state index >= 15 is 0 Å². The van der Waals surface area contributed by atoms with E-state index in [1.54, 1.807) is 6.92 Å². The summed E-state index contributed by atoms with van der Waals surface area (Å²) in [5, 5.41) is 10.2. The molecule has 1 aromatic carbocycles. The lowest BCUT2D eigenvalue weighted by Gasteiger charge is -2.13. The van der Waals surface area contributed by atoms with Crippen molar-refractivity contribution < 1.29 is 18.7 Å². The number of hydrogen-bond donors (Lipinski definition) is 1. The van der Waals surface area contributed by atoms with E-state index in [4.69, 9.17) is 9.15 Å². The summed E-state index contributed by atoms with van der Waals surface area (Å²) in [5.41, 5.74) is 0.997. The van der Waals surface area contributed by atoms with Crippen molar-refractivity contribution in [2.24, 2.45) is 0 Å². The highest BCUT2D eigenvalue weighted by atomic mass is 16.5. The lowest BCUT2D eigenvalue weighted by molar-refractivity contribution is -0.119. The van der Waals surface area contributed by atoms with Crippen molar-refractivity contribution in [2.75, 3.05) is 6.61 Å². The number of aromatic nitrogens is 2. The van der Waals surface area contributed by atoms with E-state index in [9.17, 15) is 9.59 Å². The minimum absolute atomic E-state index is 0.169. The zero-order chi connectivity index (χ0) is 15.9. The molecule has 0 saturated carbocycles. The molecule has 0 fully saturated rings. The van der Waals surface area contributed by atoms with Gasteiger partial charge in [-0.1, -0.05) is 30.3 Å². The Morgan fingerprint density at radius 3 is 2.64 bits per heavy atom. The monoisotopic (exact) mass is 303 g/mol. The van der Waals surface area contributed by atoms with Gasteiger partial charge in [-0.3, -0.25) is 4.79 Å². The van der Waals surface area contributed by atoms with Crippen LogP contribution in [-0.2, 0) is 16.0 Å². The van der Waals surface area contributed by atoms with Crippen molar-refractivity contribution in [1.82, 2.24) is 15.5 Å². The normalized spacial score (nSPS) is 11.7. The largest absolute Gasteiger partial charge is 0.459 e. The van der Waals surface area contributed by atoms with Crippen LogP contribution < -0.4 is 5.32 Å². The summed E-state index contributed by atoms with van der Waals surface area (Å²) in [4.78, 5) is 22.9. The first kappa shape index (κ1) is 15.7. The second-order valence-corrected chi connectivity index (χ2v) is 4.61.